The summed E-state index contributed by atoms with van der Waals surface area (Å²) in [4.78, 5) is 11.5. The maximum Gasteiger partial charge on any atom is 0.251 e. The predicted molar refractivity (Wildman–Crippen MR) is 63.3 cm³/mol. The van der Waals surface area contributed by atoms with Crippen LogP contribution in [0.5, 0.6) is 0 Å². The summed E-state index contributed by atoms with van der Waals surface area (Å²) in [6.07, 6.45) is 0. The van der Waals surface area contributed by atoms with E-state index in [0.717, 1.165) is 5.33 Å². The number of benzene rings is 1. The topological polar surface area (TPSA) is 38.3 Å². The molecule has 0 heterocycles. The monoisotopic (exact) mass is 289 g/mol. The van der Waals surface area contributed by atoms with Gasteiger partial charge in [-0.05, 0) is 18.2 Å². The largest absolute Gasteiger partial charge is 0.379 e. The Hall–Kier alpha value is -0.940. The fraction of sp³-hybridized carbons (Fsp3) is 0.364. The van der Waals surface area contributed by atoms with E-state index in [-0.39, 0.29) is 5.91 Å². The van der Waals surface area contributed by atoms with Gasteiger partial charge >= 0.3 is 0 Å². The molecule has 0 fully saturated rings. The number of halogens is 2. The molecule has 0 aliphatic heterocycles. The zero-order valence-corrected chi connectivity index (χ0v) is 10.3. The zero-order valence-electron chi connectivity index (χ0n) is 8.71. The van der Waals surface area contributed by atoms with Gasteiger partial charge in [-0.2, -0.15) is 0 Å². The smallest absolute Gasteiger partial charge is 0.251 e. The van der Waals surface area contributed by atoms with Crippen LogP contribution in [0.3, 0.4) is 0 Å². The molecule has 88 valence electrons. The molecule has 0 saturated carbocycles. The van der Waals surface area contributed by atoms with Crippen molar-refractivity contribution in [2.24, 2.45) is 0 Å². The number of alkyl halides is 1. The van der Waals surface area contributed by atoms with Gasteiger partial charge < -0.3 is 10.1 Å². The molecule has 5 heteroatoms. The normalized spacial score (nSPS) is 10.1. The Morgan fingerprint density at radius 3 is 2.94 bits per heavy atom. The Labute approximate surface area is 102 Å². The molecule has 0 radical (unpaired) electrons. The lowest BCUT2D eigenvalue weighted by atomic mass is 10.2. The van der Waals surface area contributed by atoms with E-state index in [1.54, 1.807) is 6.07 Å². The van der Waals surface area contributed by atoms with E-state index < -0.39 is 5.82 Å². The van der Waals surface area contributed by atoms with Crippen molar-refractivity contribution in [3.05, 3.63) is 35.6 Å². The second-order valence-corrected chi connectivity index (χ2v) is 3.86. The molecule has 16 heavy (non-hydrogen) atoms. The van der Waals surface area contributed by atoms with Gasteiger partial charge in [-0.3, -0.25) is 4.79 Å². The van der Waals surface area contributed by atoms with Crippen LogP contribution in [-0.4, -0.2) is 31.0 Å². The Morgan fingerprint density at radius 2 is 2.25 bits per heavy atom. The van der Waals surface area contributed by atoms with E-state index in [0.29, 0.717) is 25.3 Å². The Morgan fingerprint density at radius 1 is 1.44 bits per heavy atom. The number of hydrogen-bond acceptors (Lipinski definition) is 2. The van der Waals surface area contributed by atoms with Crippen LogP contribution in [0.15, 0.2) is 24.3 Å². The number of hydrogen-bond donors (Lipinski definition) is 1. The Bertz CT molecular complexity index is 347. The fourth-order valence-corrected chi connectivity index (χ4v) is 1.35. The van der Waals surface area contributed by atoms with Gasteiger partial charge in [0.25, 0.3) is 5.91 Å². The third-order valence-corrected chi connectivity index (χ3v) is 2.16. The van der Waals surface area contributed by atoms with E-state index >= 15 is 0 Å². The van der Waals surface area contributed by atoms with Crippen LogP contribution in [0.4, 0.5) is 4.39 Å². The number of carbonyl (C=O) groups is 1. The highest BCUT2D eigenvalue weighted by atomic mass is 79.9. The molecule has 1 aromatic carbocycles. The first-order chi connectivity index (χ1) is 7.74. The molecule has 1 rings (SSSR count). The minimum absolute atomic E-state index is 0.290. The van der Waals surface area contributed by atoms with Crippen molar-refractivity contribution in [1.29, 1.82) is 0 Å². The standard InChI is InChI=1S/C11H13BrFNO2/c12-4-6-16-7-5-14-11(15)9-2-1-3-10(13)8-9/h1-3,8H,4-7H2,(H,14,15). The van der Waals surface area contributed by atoms with Gasteiger partial charge in [0.1, 0.15) is 5.82 Å². The van der Waals surface area contributed by atoms with Gasteiger partial charge in [0, 0.05) is 17.4 Å². The third-order valence-electron chi connectivity index (χ3n) is 1.84. The summed E-state index contributed by atoms with van der Waals surface area (Å²) in [6, 6.07) is 5.58. The zero-order chi connectivity index (χ0) is 11.8. The SMILES string of the molecule is O=C(NCCOCCBr)c1cccc(F)c1. The maximum atomic E-state index is 12.8. The van der Waals surface area contributed by atoms with E-state index in [4.69, 9.17) is 4.74 Å². The van der Waals surface area contributed by atoms with Crippen LogP contribution < -0.4 is 5.32 Å². The second kappa shape index (κ2) is 7.35. The van der Waals surface area contributed by atoms with Gasteiger partial charge in [-0.15, -0.1) is 0 Å². The van der Waals surface area contributed by atoms with Crippen LogP contribution >= 0.6 is 15.9 Å². The number of nitrogens with one attached hydrogen (secondary N) is 1. The molecule has 0 saturated heterocycles. The van der Waals surface area contributed by atoms with Crippen LogP contribution in [0.2, 0.25) is 0 Å². The third kappa shape index (κ3) is 4.72. The number of carbonyl (C=O) groups excluding carboxylic acids is 1. The molecule has 1 aromatic rings. The second-order valence-electron chi connectivity index (χ2n) is 3.07. The van der Waals surface area contributed by atoms with Crippen molar-refractivity contribution in [3.63, 3.8) is 0 Å². The minimum Gasteiger partial charge on any atom is -0.379 e. The predicted octanol–water partition coefficient (Wildman–Crippen LogP) is 1.97. The average molecular weight is 290 g/mol. The van der Waals surface area contributed by atoms with Crippen LogP contribution in [-0.2, 0) is 4.74 Å². The molecule has 3 nitrogen and oxygen atoms in total. The van der Waals surface area contributed by atoms with Crippen LogP contribution in [0.25, 0.3) is 0 Å². The minimum atomic E-state index is -0.414. The molecule has 1 amide bonds. The lowest BCUT2D eigenvalue weighted by Gasteiger charge is -2.05. The fourth-order valence-electron chi connectivity index (χ4n) is 1.13. The summed E-state index contributed by atoms with van der Waals surface area (Å²) in [6.45, 7) is 1.48. The summed E-state index contributed by atoms with van der Waals surface area (Å²) in [5.74, 6) is -0.704. The highest BCUT2D eigenvalue weighted by Gasteiger charge is 2.04. The molecular weight excluding hydrogens is 277 g/mol. The molecule has 0 aromatic heterocycles. The van der Waals surface area contributed by atoms with E-state index in [9.17, 15) is 9.18 Å². The van der Waals surface area contributed by atoms with Crippen molar-refractivity contribution in [3.8, 4) is 0 Å². The van der Waals surface area contributed by atoms with Crippen molar-refractivity contribution >= 4 is 21.8 Å². The van der Waals surface area contributed by atoms with E-state index in [1.165, 1.54) is 18.2 Å². The number of amides is 1. The summed E-state index contributed by atoms with van der Waals surface area (Å²) in [5.41, 5.74) is 0.320. The quantitative estimate of drug-likeness (QED) is 0.642. The summed E-state index contributed by atoms with van der Waals surface area (Å²) in [7, 11) is 0. The molecule has 0 unspecified atom stereocenters. The van der Waals surface area contributed by atoms with Crippen molar-refractivity contribution < 1.29 is 13.9 Å². The number of rotatable bonds is 6. The van der Waals surface area contributed by atoms with Crippen LogP contribution in [0, 0.1) is 5.82 Å². The van der Waals surface area contributed by atoms with Gasteiger partial charge in [0.2, 0.25) is 0 Å². The van der Waals surface area contributed by atoms with E-state index in [2.05, 4.69) is 21.2 Å². The molecule has 1 N–H and O–H groups in total. The first kappa shape index (κ1) is 13.1. The first-order valence-corrected chi connectivity index (χ1v) is 6.03. The number of ether oxygens (including phenoxy) is 1. The van der Waals surface area contributed by atoms with Gasteiger partial charge in [0.05, 0.1) is 13.2 Å². The average Bonchev–Trinajstić information content (AvgIpc) is 2.28. The Balaban J connectivity index is 2.30. The highest BCUT2D eigenvalue weighted by molar-refractivity contribution is 9.09. The molecule has 0 aliphatic rings. The molecule has 0 atom stereocenters. The Kier molecular flexibility index (Phi) is 6.03. The van der Waals surface area contributed by atoms with Crippen molar-refractivity contribution in [2.75, 3.05) is 25.1 Å². The molecule has 0 aliphatic carbocycles. The first-order valence-electron chi connectivity index (χ1n) is 4.91. The van der Waals surface area contributed by atoms with Crippen LogP contribution in [0.1, 0.15) is 10.4 Å². The molecule has 0 spiro atoms. The van der Waals surface area contributed by atoms with Gasteiger partial charge in [-0.25, -0.2) is 4.39 Å². The lowest BCUT2D eigenvalue weighted by molar-refractivity contribution is 0.0923. The van der Waals surface area contributed by atoms with Crippen molar-refractivity contribution in [1.82, 2.24) is 5.32 Å². The summed E-state index contributed by atoms with van der Waals surface area (Å²) >= 11 is 3.22. The van der Waals surface area contributed by atoms with Gasteiger partial charge in [-0.1, -0.05) is 22.0 Å². The summed E-state index contributed by atoms with van der Waals surface area (Å²) < 4.78 is 18.0. The lowest BCUT2D eigenvalue weighted by Crippen LogP contribution is -2.27. The molecular formula is C11H13BrFNO2. The van der Waals surface area contributed by atoms with E-state index in [1.807, 2.05) is 0 Å². The highest BCUT2D eigenvalue weighted by Crippen LogP contribution is 2.02. The van der Waals surface area contributed by atoms with Crippen molar-refractivity contribution in [2.45, 2.75) is 0 Å². The molecule has 0 bridgehead atoms. The van der Waals surface area contributed by atoms with Gasteiger partial charge in [0.15, 0.2) is 0 Å². The maximum absolute atomic E-state index is 12.8. The summed E-state index contributed by atoms with van der Waals surface area (Å²) in [5, 5.41) is 3.41.